The molecule has 3 aliphatic carbocycles. The highest BCUT2D eigenvalue weighted by Gasteiger charge is 2.61. The van der Waals surface area contributed by atoms with E-state index in [9.17, 15) is 14.4 Å². The lowest BCUT2D eigenvalue weighted by atomic mass is 9.59. The maximum atomic E-state index is 13.1. The molecule has 5 nitrogen and oxygen atoms in total. The van der Waals surface area contributed by atoms with E-state index in [1.807, 2.05) is 18.2 Å². The van der Waals surface area contributed by atoms with Crippen LogP contribution in [0.3, 0.4) is 0 Å². The summed E-state index contributed by atoms with van der Waals surface area (Å²) in [6, 6.07) is 7.38. The number of ketones is 1. The second-order valence-corrected chi connectivity index (χ2v) is 7.05. The molecular weight excluding hydrogens is 304 g/mol. The quantitative estimate of drug-likeness (QED) is 0.756. The Bertz CT molecular complexity index is 901. The van der Waals surface area contributed by atoms with E-state index in [-0.39, 0.29) is 35.4 Å². The highest BCUT2D eigenvalue weighted by molar-refractivity contribution is 6.26. The fourth-order valence-corrected chi connectivity index (χ4v) is 4.92. The number of hydrogen-bond donors (Lipinski definition) is 0. The summed E-state index contributed by atoms with van der Waals surface area (Å²) < 4.78 is 0. The summed E-state index contributed by atoms with van der Waals surface area (Å²) in [5.74, 6) is -1.16. The van der Waals surface area contributed by atoms with Crippen molar-refractivity contribution in [1.29, 1.82) is 0 Å². The largest absolute Gasteiger partial charge is 0.299 e. The normalized spacial score (nSPS) is 31.8. The number of rotatable bonds is 1. The van der Waals surface area contributed by atoms with Crippen molar-refractivity contribution >= 4 is 34.1 Å². The summed E-state index contributed by atoms with van der Waals surface area (Å²) in [6.07, 6.45) is 5.47. The van der Waals surface area contributed by atoms with Gasteiger partial charge in [0.2, 0.25) is 11.8 Å². The predicted octanol–water partition coefficient (Wildman–Crippen LogP) is 2.34. The number of Topliss-reactive ketones (excluding diaryl/α,β-unsaturated/α-hetero) is 1. The molecule has 3 saturated carbocycles. The van der Waals surface area contributed by atoms with E-state index in [0.29, 0.717) is 12.1 Å². The monoisotopic (exact) mass is 320 g/mol. The second kappa shape index (κ2) is 4.72. The maximum Gasteiger partial charge on any atom is 0.238 e. The first kappa shape index (κ1) is 13.8. The van der Waals surface area contributed by atoms with Gasteiger partial charge in [-0.2, -0.15) is 0 Å². The number of imide groups is 1. The average molecular weight is 320 g/mol. The van der Waals surface area contributed by atoms with E-state index in [1.54, 1.807) is 18.5 Å². The van der Waals surface area contributed by atoms with E-state index in [0.717, 1.165) is 23.6 Å². The Labute approximate surface area is 138 Å². The third-order valence-corrected chi connectivity index (χ3v) is 5.96. The van der Waals surface area contributed by atoms with Gasteiger partial charge in [-0.25, -0.2) is 4.90 Å². The molecule has 4 fully saturated rings. The van der Waals surface area contributed by atoms with Crippen molar-refractivity contribution in [2.75, 3.05) is 4.90 Å². The number of fused-ring (bicyclic) bond motifs is 3. The molecule has 2 bridgehead atoms. The average Bonchev–Trinajstić information content (AvgIpc) is 2.88. The van der Waals surface area contributed by atoms with Gasteiger partial charge in [-0.3, -0.25) is 19.4 Å². The molecule has 2 aromatic rings. The molecule has 1 aromatic carbocycles. The summed E-state index contributed by atoms with van der Waals surface area (Å²) in [4.78, 5) is 43.8. The summed E-state index contributed by atoms with van der Waals surface area (Å²) in [7, 11) is 0. The molecule has 4 aliphatic rings. The van der Waals surface area contributed by atoms with Gasteiger partial charge in [0.1, 0.15) is 5.78 Å². The van der Waals surface area contributed by atoms with Gasteiger partial charge in [0.05, 0.1) is 17.5 Å². The van der Waals surface area contributed by atoms with Crippen LogP contribution < -0.4 is 4.90 Å². The van der Waals surface area contributed by atoms with E-state index < -0.39 is 5.92 Å². The van der Waals surface area contributed by atoms with Gasteiger partial charge in [-0.05, 0) is 30.9 Å². The van der Waals surface area contributed by atoms with Crippen molar-refractivity contribution in [3.63, 3.8) is 0 Å². The Morgan fingerprint density at radius 2 is 1.83 bits per heavy atom. The molecule has 1 aliphatic heterocycles. The summed E-state index contributed by atoms with van der Waals surface area (Å²) in [5, 5.41) is 1.73. The summed E-state index contributed by atoms with van der Waals surface area (Å²) in [6.45, 7) is 0. The van der Waals surface area contributed by atoms with Crippen molar-refractivity contribution < 1.29 is 14.4 Å². The Balaban J connectivity index is 1.66. The lowest BCUT2D eigenvalue weighted by molar-refractivity contribution is -0.143. The van der Waals surface area contributed by atoms with Crippen molar-refractivity contribution in [1.82, 2.24) is 4.98 Å². The zero-order valence-electron chi connectivity index (χ0n) is 13.0. The molecule has 6 rings (SSSR count). The highest BCUT2D eigenvalue weighted by atomic mass is 16.2. The van der Waals surface area contributed by atoms with Crippen LogP contribution in [0.1, 0.15) is 19.3 Å². The van der Waals surface area contributed by atoms with Gasteiger partial charge >= 0.3 is 0 Å². The predicted molar refractivity (Wildman–Crippen MR) is 87.1 cm³/mol. The summed E-state index contributed by atoms with van der Waals surface area (Å²) >= 11 is 0. The number of carbonyl (C=O) groups is 3. The SMILES string of the molecule is O=C1C[C@H]2CC[C@@H]1[C@H]1C(=O)N(c3cccc4cnccc34)C(=O)[C@@H]21. The molecule has 0 spiro atoms. The minimum absolute atomic E-state index is 0.0330. The number of carbonyl (C=O) groups excluding carboxylic acids is 3. The molecule has 0 unspecified atom stereocenters. The molecule has 1 saturated heterocycles. The van der Waals surface area contributed by atoms with Crippen LogP contribution in [0.15, 0.2) is 36.7 Å². The van der Waals surface area contributed by atoms with Crippen molar-refractivity contribution in [3.05, 3.63) is 36.7 Å². The van der Waals surface area contributed by atoms with Crippen molar-refractivity contribution in [2.45, 2.75) is 19.3 Å². The number of benzene rings is 1. The smallest absolute Gasteiger partial charge is 0.238 e. The number of pyridine rings is 1. The molecule has 4 atom stereocenters. The van der Waals surface area contributed by atoms with Crippen molar-refractivity contribution in [2.24, 2.45) is 23.7 Å². The standard InChI is InChI=1S/C19H16N2O3/c22-15-8-10-4-5-13(15)17-16(10)18(23)21(19(17)24)14-3-1-2-11-9-20-7-6-12(11)14/h1-3,6-7,9-10,13,16-17H,4-5,8H2/t10-,13+,16+,17-/m1/s1. The first-order chi connectivity index (χ1) is 11.7. The lowest BCUT2D eigenvalue weighted by Gasteiger charge is -2.41. The zero-order chi connectivity index (χ0) is 16.4. The molecule has 0 N–H and O–H groups in total. The van der Waals surface area contributed by atoms with Gasteiger partial charge in [0.25, 0.3) is 0 Å². The van der Waals surface area contributed by atoms with E-state index in [2.05, 4.69) is 4.98 Å². The molecule has 5 heteroatoms. The number of anilines is 1. The number of amides is 2. The molecule has 1 aromatic heterocycles. The van der Waals surface area contributed by atoms with E-state index in [1.165, 1.54) is 4.90 Å². The molecule has 2 amide bonds. The van der Waals surface area contributed by atoms with Gasteiger partial charge in [0.15, 0.2) is 0 Å². The number of aromatic nitrogens is 1. The second-order valence-electron chi connectivity index (χ2n) is 7.05. The first-order valence-corrected chi connectivity index (χ1v) is 8.40. The van der Waals surface area contributed by atoms with E-state index in [4.69, 9.17) is 0 Å². The summed E-state index contributed by atoms with van der Waals surface area (Å²) in [5.41, 5.74) is 0.617. The third kappa shape index (κ3) is 1.64. The van der Waals surface area contributed by atoms with Crippen LogP contribution in [0.2, 0.25) is 0 Å². The third-order valence-electron chi connectivity index (χ3n) is 5.96. The molecule has 24 heavy (non-hydrogen) atoms. The molecular formula is C19H16N2O3. The van der Waals surface area contributed by atoms with Gasteiger partial charge < -0.3 is 0 Å². The van der Waals surface area contributed by atoms with Crippen LogP contribution >= 0.6 is 0 Å². The molecule has 0 radical (unpaired) electrons. The van der Waals surface area contributed by atoms with E-state index >= 15 is 0 Å². The Kier molecular flexibility index (Phi) is 2.72. The Morgan fingerprint density at radius 1 is 1.00 bits per heavy atom. The van der Waals surface area contributed by atoms with Gasteiger partial charge in [0, 0.05) is 35.5 Å². The first-order valence-electron chi connectivity index (χ1n) is 8.40. The Morgan fingerprint density at radius 3 is 2.67 bits per heavy atom. The van der Waals surface area contributed by atoms with Gasteiger partial charge in [-0.15, -0.1) is 0 Å². The topological polar surface area (TPSA) is 67.3 Å². The van der Waals surface area contributed by atoms with Crippen LogP contribution in [0, 0.1) is 23.7 Å². The zero-order valence-corrected chi connectivity index (χ0v) is 13.0. The number of hydrogen-bond acceptors (Lipinski definition) is 4. The minimum atomic E-state index is -0.449. The van der Waals surface area contributed by atoms with Crippen LogP contribution in [-0.2, 0) is 14.4 Å². The van der Waals surface area contributed by atoms with Crippen LogP contribution in [-0.4, -0.2) is 22.6 Å². The fourth-order valence-electron chi connectivity index (χ4n) is 4.92. The van der Waals surface area contributed by atoms with Crippen LogP contribution in [0.25, 0.3) is 10.8 Å². The van der Waals surface area contributed by atoms with Crippen molar-refractivity contribution in [3.8, 4) is 0 Å². The molecule has 120 valence electrons. The molecule has 2 heterocycles. The van der Waals surface area contributed by atoms with Gasteiger partial charge in [-0.1, -0.05) is 12.1 Å². The maximum absolute atomic E-state index is 13.1. The van der Waals surface area contributed by atoms with Crippen LogP contribution in [0.4, 0.5) is 5.69 Å². The minimum Gasteiger partial charge on any atom is -0.299 e. The fraction of sp³-hybridized carbons (Fsp3) is 0.368. The van der Waals surface area contributed by atoms with Crippen LogP contribution in [0.5, 0.6) is 0 Å². The highest BCUT2D eigenvalue weighted by Crippen LogP contribution is 2.52. The Hall–Kier alpha value is -2.56. The lowest BCUT2D eigenvalue weighted by Crippen LogP contribution is -2.46. The number of nitrogens with zero attached hydrogens (tertiary/aromatic N) is 2.